The highest BCUT2D eigenvalue weighted by molar-refractivity contribution is 6.33. The van der Waals surface area contributed by atoms with Crippen molar-refractivity contribution in [2.75, 3.05) is 26.1 Å². The molecule has 9 nitrogen and oxygen atoms in total. The first-order valence-electron chi connectivity index (χ1n) is 7.06. The lowest BCUT2D eigenvalue weighted by Gasteiger charge is -2.16. The van der Waals surface area contributed by atoms with Crippen LogP contribution in [0.5, 0.6) is 0 Å². The molecule has 0 aliphatic heterocycles. The van der Waals surface area contributed by atoms with Gasteiger partial charge in [-0.25, -0.2) is 19.0 Å². The van der Waals surface area contributed by atoms with E-state index in [2.05, 4.69) is 15.7 Å². The van der Waals surface area contributed by atoms with E-state index in [1.807, 2.05) is 0 Å². The maximum absolute atomic E-state index is 14.2. The van der Waals surface area contributed by atoms with Crippen molar-refractivity contribution >= 4 is 23.3 Å². The van der Waals surface area contributed by atoms with Crippen LogP contribution in [0, 0.1) is 5.82 Å². The average molecular weight is 377 g/mol. The monoisotopic (exact) mass is 376 g/mol. The molecular formula is C13H15ClF2N6O3. The topological polar surface area (TPSA) is 94.3 Å². The van der Waals surface area contributed by atoms with E-state index in [1.54, 1.807) is 0 Å². The van der Waals surface area contributed by atoms with Gasteiger partial charge in [0.05, 0.1) is 31.0 Å². The van der Waals surface area contributed by atoms with Crippen LogP contribution in [0.1, 0.15) is 6.42 Å². The van der Waals surface area contributed by atoms with Crippen LogP contribution >= 0.6 is 11.6 Å². The summed E-state index contributed by atoms with van der Waals surface area (Å²) in [5, 5.41) is 10.3. The molecule has 1 aromatic carbocycles. The highest BCUT2D eigenvalue weighted by Gasteiger charge is 2.18. The minimum Gasteiger partial charge on any atom is -0.305 e. The van der Waals surface area contributed by atoms with Crippen molar-refractivity contribution in [2.24, 2.45) is 0 Å². The molecule has 0 aliphatic rings. The van der Waals surface area contributed by atoms with Gasteiger partial charge < -0.3 is 5.32 Å². The number of hydrogen-bond donors (Lipinski definition) is 1. The van der Waals surface area contributed by atoms with Gasteiger partial charge in [0.15, 0.2) is 5.82 Å². The number of aryl methyl sites for hydroxylation is 1. The lowest BCUT2D eigenvalue weighted by molar-refractivity contribution is -0.0598. The second-order valence-corrected chi connectivity index (χ2v) is 5.24. The number of nitrogens with zero attached hydrogens (tertiary/aromatic N) is 5. The number of nitrogens with one attached hydrogen (secondary N) is 1. The quantitative estimate of drug-likeness (QED) is 0.773. The molecule has 1 aromatic heterocycles. The first-order valence-corrected chi connectivity index (χ1v) is 7.43. The number of alkyl halides is 1. The van der Waals surface area contributed by atoms with Gasteiger partial charge in [0.1, 0.15) is 5.69 Å². The van der Waals surface area contributed by atoms with E-state index in [1.165, 1.54) is 14.2 Å². The largest absolute Gasteiger partial charge is 0.368 e. The fourth-order valence-electron chi connectivity index (χ4n) is 1.85. The van der Waals surface area contributed by atoms with Crippen molar-refractivity contribution < 1.29 is 18.4 Å². The second-order valence-electron chi connectivity index (χ2n) is 4.83. The van der Waals surface area contributed by atoms with Crippen molar-refractivity contribution in [3.05, 3.63) is 33.5 Å². The van der Waals surface area contributed by atoms with E-state index in [4.69, 9.17) is 16.4 Å². The van der Waals surface area contributed by atoms with E-state index >= 15 is 0 Å². The van der Waals surface area contributed by atoms with Crippen LogP contribution in [0.2, 0.25) is 5.02 Å². The number of benzene rings is 1. The molecule has 1 heterocycles. The summed E-state index contributed by atoms with van der Waals surface area (Å²) in [6, 6.07) is 1.39. The third kappa shape index (κ3) is 4.12. The van der Waals surface area contributed by atoms with Gasteiger partial charge in [-0.15, -0.1) is 0 Å². The van der Waals surface area contributed by atoms with E-state index in [9.17, 15) is 18.4 Å². The zero-order valence-electron chi connectivity index (χ0n) is 13.4. The third-order valence-corrected chi connectivity index (χ3v) is 3.52. The van der Waals surface area contributed by atoms with Crippen LogP contribution in [0.15, 0.2) is 16.9 Å². The molecule has 1 N–H and O–H groups in total. The Morgan fingerprint density at radius 3 is 2.80 bits per heavy atom. The second kappa shape index (κ2) is 8.03. The standard InChI is InChI=1S/C13H15ClF2N6O3/c1-20(25-2)12(23)17-10-7-11(9(16)6-8(10)14)22-13(24)21(18-19-22)5-3-4-15/h6-7H,3-5H2,1-2H3,(H,17,23). The number of rotatable bonds is 6. The Kier molecular flexibility index (Phi) is 6.04. The molecule has 0 saturated heterocycles. The number of aromatic nitrogens is 4. The summed E-state index contributed by atoms with van der Waals surface area (Å²) in [7, 11) is 2.64. The van der Waals surface area contributed by atoms with Crippen LogP contribution in [-0.4, -0.2) is 51.7 Å². The van der Waals surface area contributed by atoms with Crippen molar-refractivity contribution in [3.63, 3.8) is 0 Å². The Balaban J connectivity index is 2.39. The van der Waals surface area contributed by atoms with E-state index < -0.39 is 24.2 Å². The predicted octanol–water partition coefficient (Wildman–Crippen LogP) is 1.61. The fraction of sp³-hybridized carbons (Fsp3) is 0.385. The van der Waals surface area contributed by atoms with Gasteiger partial charge >= 0.3 is 11.7 Å². The Bertz CT molecular complexity index is 825. The Labute approximate surface area is 145 Å². The van der Waals surface area contributed by atoms with Gasteiger partial charge in [0.25, 0.3) is 0 Å². The summed E-state index contributed by atoms with van der Waals surface area (Å²) in [4.78, 5) is 28.7. The normalized spacial score (nSPS) is 10.8. The zero-order valence-corrected chi connectivity index (χ0v) is 14.1. The zero-order chi connectivity index (χ0) is 18.6. The molecule has 0 saturated carbocycles. The molecule has 25 heavy (non-hydrogen) atoms. The van der Waals surface area contributed by atoms with Gasteiger partial charge in [-0.2, -0.15) is 9.36 Å². The summed E-state index contributed by atoms with van der Waals surface area (Å²) in [6.45, 7) is -0.620. The summed E-state index contributed by atoms with van der Waals surface area (Å²) in [6.07, 6.45) is 0.0758. The van der Waals surface area contributed by atoms with Crippen LogP contribution in [-0.2, 0) is 11.4 Å². The van der Waals surface area contributed by atoms with E-state index in [0.717, 1.165) is 21.9 Å². The molecule has 0 radical (unpaired) electrons. The number of hydroxylamine groups is 2. The number of urea groups is 1. The van der Waals surface area contributed by atoms with Crippen molar-refractivity contribution in [3.8, 4) is 5.69 Å². The smallest absolute Gasteiger partial charge is 0.305 e. The van der Waals surface area contributed by atoms with Crippen LogP contribution < -0.4 is 11.0 Å². The Morgan fingerprint density at radius 1 is 1.44 bits per heavy atom. The highest BCUT2D eigenvalue weighted by Crippen LogP contribution is 2.27. The summed E-state index contributed by atoms with van der Waals surface area (Å²) in [5.74, 6) is -0.845. The summed E-state index contributed by atoms with van der Waals surface area (Å²) >= 11 is 5.91. The van der Waals surface area contributed by atoms with Gasteiger partial charge in [-0.1, -0.05) is 11.6 Å². The number of hydrogen-bond acceptors (Lipinski definition) is 5. The summed E-state index contributed by atoms with van der Waals surface area (Å²) in [5.41, 5.74) is -0.977. The fourth-order valence-corrected chi connectivity index (χ4v) is 2.05. The Hall–Kier alpha value is -2.53. The number of amides is 2. The first kappa shape index (κ1) is 18.8. The number of carbonyl (C=O) groups excluding carboxylic acids is 1. The number of anilines is 1. The third-order valence-electron chi connectivity index (χ3n) is 3.21. The molecule has 2 rings (SSSR count). The Morgan fingerprint density at radius 2 is 2.16 bits per heavy atom. The molecule has 2 aromatic rings. The molecule has 0 bridgehead atoms. The van der Waals surface area contributed by atoms with Gasteiger partial charge in [0, 0.05) is 7.05 Å². The molecule has 0 atom stereocenters. The summed E-state index contributed by atoms with van der Waals surface area (Å²) < 4.78 is 28.0. The van der Waals surface area contributed by atoms with Crippen molar-refractivity contribution in [1.82, 2.24) is 24.9 Å². The number of carbonyl (C=O) groups is 1. The highest BCUT2D eigenvalue weighted by atomic mass is 35.5. The predicted molar refractivity (Wildman–Crippen MR) is 85.0 cm³/mol. The molecule has 0 spiro atoms. The van der Waals surface area contributed by atoms with E-state index in [-0.39, 0.29) is 29.4 Å². The molecule has 136 valence electrons. The SMILES string of the molecule is CON(C)C(=O)Nc1cc(-n2nnn(CCCF)c2=O)c(F)cc1Cl. The molecule has 0 fully saturated rings. The number of tetrazole rings is 1. The van der Waals surface area contributed by atoms with Crippen LogP contribution in [0.3, 0.4) is 0 Å². The molecule has 2 amide bonds. The molecule has 12 heteroatoms. The van der Waals surface area contributed by atoms with Crippen molar-refractivity contribution in [1.29, 1.82) is 0 Å². The van der Waals surface area contributed by atoms with Crippen LogP contribution in [0.25, 0.3) is 5.69 Å². The lowest BCUT2D eigenvalue weighted by atomic mass is 10.2. The van der Waals surface area contributed by atoms with E-state index in [0.29, 0.717) is 4.68 Å². The van der Waals surface area contributed by atoms with Gasteiger partial charge in [-0.05, 0) is 29.0 Å². The van der Waals surface area contributed by atoms with Crippen molar-refractivity contribution in [2.45, 2.75) is 13.0 Å². The number of halogens is 3. The molecule has 0 aliphatic carbocycles. The van der Waals surface area contributed by atoms with Gasteiger partial charge in [0.2, 0.25) is 0 Å². The molecule has 0 unspecified atom stereocenters. The average Bonchev–Trinajstić information content (AvgIpc) is 2.95. The lowest BCUT2D eigenvalue weighted by Crippen LogP contribution is -2.30. The molecular weight excluding hydrogens is 362 g/mol. The minimum absolute atomic E-state index is 0.00672. The van der Waals surface area contributed by atoms with Gasteiger partial charge in [-0.3, -0.25) is 9.23 Å². The first-order chi connectivity index (χ1) is 11.9. The maximum atomic E-state index is 14.2. The maximum Gasteiger partial charge on any atom is 0.368 e. The van der Waals surface area contributed by atoms with Crippen LogP contribution in [0.4, 0.5) is 19.3 Å². The minimum atomic E-state index is -0.845.